The summed E-state index contributed by atoms with van der Waals surface area (Å²) in [7, 11) is 3.64. The van der Waals surface area contributed by atoms with Gasteiger partial charge in [0.2, 0.25) is 0 Å². The topological polar surface area (TPSA) is 54.5 Å². The highest BCUT2D eigenvalue weighted by Gasteiger charge is 2.60. The van der Waals surface area contributed by atoms with Crippen LogP contribution >= 0.6 is 15.9 Å². The SMILES string of the molecule is COC1CC(N(C)C(=O)Nc2cc(Br)ccn2)C12CCC2. The summed E-state index contributed by atoms with van der Waals surface area (Å²) in [5.41, 5.74) is 0.186. The monoisotopic (exact) mass is 353 g/mol. The first kappa shape index (κ1) is 14.8. The van der Waals surface area contributed by atoms with Crippen molar-refractivity contribution in [3.63, 3.8) is 0 Å². The van der Waals surface area contributed by atoms with Crippen LogP contribution in [-0.2, 0) is 4.74 Å². The first-order valence-electron chi connectivity index (χ1n) is 7.25. The average Bonchev–Trinajstić information content (AvgIpc) is 2.36. The molecule has 1 heterocycles. The number of hydrogen-bond acceptors (Lipinski definition) is 3. The van der Waals surface area contributed by atoms with E-state index in [2.05, 4.69) is 26.2 Å². The number of ether oxygens (including phenoxy) is 1. The molecule has 0 aliphatic heterocycles. The normalized spacial score (nSPS) is 25.9. The van der Waals surface area contributed by atoms with Crippen molar-refractivity contribution >= 4 is 27.8 Å². The van der Waals surface area contributed by atoms with E-state index in [-0.39, 0.29) is 17.5 Å². The summed E-state index contributed by atoms with van der Waals surface area (Å²) in [5.74, 6) is 0.562. The van der Waals surface area contributed by atoms with Gasteiger partial charge in [0.15, 0.2) is 0 Å². The third-order valence-corrected chi connectivity index (χ3v) is 5.55. The number of nitrogens with one attached hydrogen (secondary N) is 1. The second kappa shape index (κ2) is 5.57. The molecule has 6 heteroatoms. The fraction of sp³-hybridized carbons (Fsp3) is 0.600. The van der Waals surface area contributed by atoms with Crippen LogP contribution in [0.2, 0.25) is 0 Å². The van der Waals surface area contributed by atoms with E-state index in [0.717, 1.165) is 23.7 Å². The Balaban J connectivity index is 1.65. The Morgan fingerprint density at radius 2 is 2.33 bits per heavy atom. The number of urea groups is 1. The number of halogens is 1. The van der Waals surface area contributed by atoms with Gasteiger partial charge in [0, 0.05) is 36.3 Å². The summed E-state index contributed by atoms with van der Waals surface area (Å²) < 4.78 is 6.46. The molecule has 1 aromatic heterocycles. The van der Waals surface area contributed by atoms with Crippen LogP contribution in [0.15, 0.2) is 22.8 Å². The van der Waals surface area contributed by atoms with Gasteiger partial charge in [0.25, 0.3) is 0 Å². The Morgan fingerprint density at radius 3 is 2.90 bits per heavy atom. The van der Waals surface area contributed by atoms with E-state index in [1.807, 2.05) is 18.0 Å². The Labute approximate surface area is 133 Å². The van der Waals surface area contributed by atoms with Gasteiger partial charge in [-0.25, -0.2) is 9.78 Å². The van der Waals surface area contributed by atoms with Gasteiger partial charge < -0.3 is 9.64 Å². The van der Waals surface area contributed by atoms with E-state index in [1.54, 1.807) is 19.4 Å². The predicted octanol–water partition coefficient (Wildman–Crippen LogP) is 3.27. The van der Waals surface area contributed by atoms with Gasteiger partial charge >= 0.3 is 6.03 Å². The highest BCUT2D eigenvalue weighted by atomic mass is 79.9. The average molecular weight is 354 g/mol. The number of aromatic nitrogens is 1. The summed E-state index contributed by atoms with van der Waals surface area (Å²) in [6.07, 6.45) is 6.43. The van der Waals surface area contributed by atoms with Gasteiger partial charge in [-0.05, 0) is 31.4 Å². The van der Waals surface area contributed by atoms with E-state index >= 15 is 0 Å². The van der Waals surface area contributed by atoms with Crippen molar-refractivity contribution in [3.8, 4) is 0 Å². The Bertz CT molecular complexity index is 547. The zero-order chi connectivity index (χ0) is 15.0. The summed E-state index contributed by atoms with van der Waals surface area (Å²) in [6.45, 7) is 0. The Morgan fingerprint density at radius 1 is 1.57 bits per heavy atom. The molecule has 1 aromatic rings. The zero-order valence-electron chi connectivity index (χ0n) is 12.3. The number of rotatable bonds is 3. The van der Waals surface area contributed by atoms with Crippen molar-refractivity contribution in [2.75, 3.05) is 19.5 Å². The fourth-order valence-electron chi connectivity index (χ4n) is 3.65. The quantitative estimate of drug-likeness (QED) is 0.907. The first-order chi connectivity index (χ1) is 10.1. The smallest absolute Gasteiger partial charge is 0.323 e. The number of amides is 2. The molecule has 3 rings (SSSR count). The lowest BCUT2D eigenvalue weighted by Crippen LogP contribution is -2.68. The minimum Gasteiger partial charge on any atom is -0.381 e. The molecular formula is C15H20BrN3O2. The molecule has 2 amide bonds. The van der Waals surface area contributed by atoms with Gasteiger partial charge in [-0.3, -0.25) is 5.32 Å². The number of methoxy groups -OCH3 is 1. The molecule has 0 saturated heterocycles. The minimum absolute atomic E-state index is 0.105. The number of carbonyl (C=O) groups excluding carboxylic acids is 1. The summed E-state index contributed by atoms with van der Waals surface area (Å²) in [6, 6.07) is 3.79. The second-order valence-electron chi connectivity index (χ2n) is 5.96. The fourth-order valence-corrected chi connectivity index (χ4v) is 3.99. The van der Waals surface area contributed by atoms with Crippen LogP contribution in [0.4, 0.5) is 10.6 Å². The maximum atomic E-state index is 12.4. The number of nitrogens with zero attached hydrogens (tertiary/aromatic N) is 2. The van der Waals surface area contributed by atoms with Crippen LogP contribution in [0, 0.1) is 5.41 Å². The third kappa shape index (κ3) is 2.44. The molecule has 21 heavy (non-hydrogen) atoms. The highest BCUT2D eigenvalue weighted by Crippen LogP contribution is 2.58. The molecule has 2 atom stereocenters. The molecular weight excluding hydrogens is 334 g/mol. The number of hydrogen-bond donors (Lipinski definition) is 1. The van der Waals surface area contributed by atoms with E-state index in [0.29, 0.717) is 11.9 Å². The van der Waals surface area contributed by atoms with Gasteiger partial charge in [-0.15, -0.1) is 0 Å². The van der Waals surface area contributed by atoms with Crippen LogP contribution in [0.5, 0.6) is 0 Å². The van der Waals surface area contributed by atoms with Crippen molar-refractivity contribution < 1.29 is 9.53 Å². The van der Waals surface area contributed by atoms with Crippen LogP contribution in [0.3, 0.4) is 0 Å². The largest absolute Gasteiger partial charge is 0.381 e. The van der Waals surface area contributed by atoms with Crippen LogP contribution in [0.25, 0.3) is 0 Å². The lowest BCUT2D eigenvalue weighted by molar-refractivity contribution is -0.181. The molecule has 1 spiro atoms. The first-order valence-corrected chi connectivity index (χ1v) is 8.04. The standard InChI is InChI=1S/C15H20BrN3O2/c1-19(11-9-12(21-2)15(11)5-3-6-15)14(20)18-13-8-10(16)4-7-17-13/h4,7-8,11-12H,3,5-6,9H2,1-2H3,(H,17,18,20). The lowest BCUT2D eigenvalue weighted by Gasteiger charge is -2.62. The zero-order valence-corrected chi connectivity index (χ0v) is 13.9. The third-order valence-electron chi connectivity index (χ3n) is 5.06. The number of anilines is 1. The van der Waals surface area contributed by atoms with E-state index < -0.39 is 0 Å². The molecule has 0 aromatic carbocycles. The molecule has 2 aliphatic carbocycles. The highest BCUT2D eigenvalue weighted by molar-refractivity contribution is 9.10. The van der Waals surface area contributed by atoms with Crippen LogP contribution in [-0.4, -0.2) is 42.2 Å². The summed E-state index contributed by atoms with van der Waals surface area (Å²) in [4.78, 5) is 18.4. The Hall–Kier alpha value is -1.14. The van der Waals surface area contributed by atoms with Gasteiger partial charge in [-0.2, -0.15) is 0 Å². The minimum atomic E-state index is -0.105. The molecule has 2 fully saturated rings. The number of carbonyl (C=O) groups is 1. The van der Waals surface area contributed by atoms with Crippen molar-refractivity contribution in [1.29, 1.82) is 0 Å². The van der Waals surface area contributed by atoms with Crippen molar-refractivity contribution in [3.05, 3.63) is 22.8 Å². The van der Waals surface area contributed by atoms with Crippen LogP contribution < -0.4 is 5.32 Å². The van der Waals surface area contributed by atoms with Gasteiger partial charge in [0.05, 0.1) is 6.10 Å². The van der Waals surface area contributed by atoms with E-state index in [9.17, 15) is 4.79 Å². The molecule has 1 N–H and O–H groups in total. The molecule has 5 nitrogen and oxygen atoms in total. The summed E-state index contributed by atoms with van der Waals surface area (Å²) in [5, 5.41) is 2.86. The maximum absolute atomic E-state index is 12.4. The molecule has 114 valence electrons. The Kier molecular flexibility index (Phi) is 3.92. The second-order valence-corrected chi connectivity index (χ2v) is 6.88. The summed E-state index contributed by atoms with van der Waals surface area (Å²) >= 11 is 3.38. The van der Waals surface area contributed by atoms with Crippen LogP contribution in [0.1, 0.15) is 25.7 Å². The van der Waals surface area contributed by atoms with Gasteiger partial charge in [-0.1, -0.05) is 22.4 Å². The predicted molar refractivity (Wildman–Crippen MR) is 84.2 cm³/mol. The van der Waals surface area contributed by atoms with Crippen molar-refractivity contribution in [2.24, 2.45) is 5.41 Å². The number of pyridine rings is 1. The maximum Gasteiger partial charge on any atom is 0.323 e. The molecule has 2 saturated carbocycles. The molecule has 0 bridgehead atoms. The van der Waals surface area contributed by atoms with Gasteiger partial charge in [0.1, 0.15) is 5.82 Å². The molecule has 0 radical (unpaired) electrons. The molecule has 2 unspecified atom stereocenters. The van der Waals surface area contributed by atoms with E-state index in [4.69, 9.17) is 4.74 Å². The lowest BCUT2D eigenvalue weighted by atomic mass is 9.50. The van der Waals surface area contributed by atoms with E-state index in [1.165, 1.54) is 6.42 Å². The van der Waals surface area contributed by atoms with Crippen molar-refractivity contribution in [1.82, 2.24) is 9.88 Å². The van der Waals surface area contributed by atoms with Crippen molar-refractivity contribution in [2.45, 2.75) is 37.8 Å². The molecule has 2 aliphatic rings.